The largest absolute Gasteiger partial charge is 0.481 e. The van der Waals surface area contributed by atoms with Crippen molar-refractivity contribution >= 4 is 17.5 Å². The van der Waals surface area contributed by atoms with Gasteiger partial charge in [0.05, 0.1) is 7.11 Å². The molecular weight excluding hydrogens is 342 g/mol. The smallest absolute Gasteiger partial charge is 0.251 e. The van der Waals surface area contributed by atoms with E-state index in [2.05, 4.69) is 15.6 Å². The van der Waals surface area contributed by atoms with Crippen LogP contribution in [-0.4, -0.2) is 23.9 Å². The predicted octanol–water partition coefficient (Wildman–Crippen LogP) is 3.54. The molecule has 1 fully saturated rings. The number of amides is 2. The van der Waals surface area contributed by atoms with Crippen molar-refractivity contribution in [3.05, 3.63) is 53.7 Å². The summed E-state index contributed by atoms with van der Waals surface area (Å²) < 4.78 is 5.08. The zero-order valence-electron chi connectivity index (χ0n) is 15.5. The van der Waals surface area contributed by atoms with E-state index in [-0.39, 0.29) is 17.7 Å². The second-order valence-electron chi connectivity index (χ2n) is 6.79. The number of methoxy groups -OCH3 is 1. The number of hydrogen-bond donors (Lipinski definition) is 2. The van der Waals surface area contributed by atoms with E-state index >= 15 is 0 Å². The second-order valence-corrected chi connectivity index (χ2v) is 6.79. The Morgan fingerprint density at radius 1 is 1.15 bits per heavy atom. The molecule has 0 unspecified atom stereocenters. The predicted molar refractivity (Wildman–Crippen MR) is 104 cm³/mol. The van der Waals surface area contributed by atoms with Crippen LogP contribution in [0.4, 0.5) is 5.69 Å². The van der Waals surface area contributed by atoms with E-state index < -0.39 is 0 Å². The SMILES string of the molecule is COc1cc(CNC(=O)c2cccc(NC(=O)C3CCCCC3)c2)ccn1. The van der Waals surface area contributed by atoms with Gasteiger partial charge in [-0.2, -0.15) is 0 Å². The molecule has 0 saturated heterocycles. The third kappa shape index (κ3) is 5.29. The van der Waals surface area contributed by atoms with Gasteiger partial charge in [-0.3, -0.25) is 9.59 Å². The zero-order valence-corrected chi connectivity index (χ0v) is 15.5. The highest BCUT2D eigenvalue weighted by molar-refractivity contribution is 5.97. The molecule has 2 N–H and O–H groups in total. The van der Waals surface area contributed by atoms with E-state index in [0.717, 1.165) is 31.2 Å². The number of pyridine rings is 1. The maximum atomic E-state index is 12.4. The molecule has 6 heteroatoms. The molecule has 0 atom stereocenters. The van der Waals surface area contributed by atoms with Crippen molar-refractivity contribution in [2.24, 2.45) is 5.92 Å². The van der Waals surface area contributed by atoms with Crippen LogP contribution in [0.5, 0.6) is 5.88 Å². The minimum atomic E-state index is -0.195. The van der Waals surface area contributed by atoms with Crippen molar-refractivity contribution in [1.29, 1.82) is 0 Å². The average molecular weight is 367 g/mol. The minimum Gasteiger partial charge on any atom is -0.481 e. The van der Waals surface area contributed by atoms with Gasteiger partial charge < -0.3 is 15.4 Å². The van der Waals surface area contributed by atoms with E-state index in [1.807, 2.05) is 12.1 Å². The Balaban J connectivity index is 1.58. The molecule has 1 aliphatic rings. The normalized spacial score (nSPS) is 14.4. The Labute approximate surface area is 159 Å². The van der Waals surface area contributed by atoms with Crippen molar-refractivity contribution < 1.29 is 14.3 Å². The molecule has 0 radical (unpaired) electrons. The van der Waals surface area contributed by atoms with E-state index in [4.69, 9.17) is 4.74 Å². The first kappa shape index (κ1) is 18.9. The number of rotatable bonds is 6. The number of aromatic nitrogens is 1. The number of benzene rings is 1. The van der Waals surface area contributed by atoms with Gasteiger partial charge in [0.15, 0.2) is 0 Å². The van der Waals surface area contributed by atoms with Crippen LogP contribution in [0.15, 0.2) is 42.6 Å². The number of anilines is 1. The van der Waals surface area contributed by atoms with E-state index in [9.17, 15) is 9.59 Å². The number of carbonyl (C=O) groups is 2. The lowest BCUT2D eigenvalue weighted by atomic mass is 9.88. The summed E-state index contributed by atoms with van der Waals surface area (Å²) in [4.78, 5) is 28.9. The van der Waals surface area contributed by atoms with Gasteiger partial charge in [0.1, 0.15) is 0 Å². The number of hydrogen-bond acceptors (Lipinski definition) is 4. The summed E-state index contributed by atoms with van der Waals surface area (Å²) in [6, 6.07) is 10.6. The van der Waals surface area contributed by atoms with Gasteiger partial charge in [0.2, 0.25) is 11.8 Å². The summed E-state index contributed by atoms with van der Waals surface area (Å²) in [5.74, 6) is 0.447. The first-order chi connectivity index (χ1) is 13.2. The molecule has 3 rings (SSSR count). The maximum Gasteiger partial charge on any atom is 0.251 e. The molecule has 1 saturated carbocycles. The van der Waals surface area contributed by atoms with Gasteiger partial charge >= 0.3 is 0 Å². The highest BCUT2D eigenvalue weighted by atomic mass is 16.5. The van der Waals surface area contributed by atoms with Crippen LogP contribution in [0.25, 0.3) is 0 Å². The van der Waals surface area contributed by atoms with E-state index in [1.165, 1.54) is 6.42 Å². The number of nitrogens with one attached hydrogen (secondary N) is 2. The van der Waals surface area contributed by atoms with Crippen LogP contribution in [0.1, 0.15) is 48.0 Å². The average Bonchev–Trinajstić information content (AvgIpc) is 2.73. The fourth-order valence-corrected chi connectivity index (χ4v) is 3.30. The highest BCUT2D eigenvalue weighted by Crippen LogP contribution is 2.25. The van der Waals surface area contributed by atoms with Crippen LogP contribution in [0.2, 0.25) is 0 Å². The molecule has 2 aromatic rings. The second kappa shape index (κ2) is 9.16. The Kier molecular flexibility index (Phi) is 6.41. The summed E-state index contributed by atoms with van der Waals surface area (Å²) >= 11 is 0. The lowest BCUT2D eigenvalue weighted by Crippen LogP contribution is -2.25. The summed E-state index contributed by atoms with van der Waals surface area (Å²) in [5, 5.41) is 5.83. The van der Waals surface area contributed by atoms with Crippen molar-refractivity contribution in [2.45, 2.75) is 38.6 Å². The van der Waals surface area contributed by atoms with Crippen molar-refractivity contribution in [3.63, 3.8) is 0 Å². The molecular formula is C21H25N3O3. The Morgan fingerprint density at radius 3 is 2.74 bits per heavy atom. The van der Waals surface area contributed by atoms with Gasteiger partial charge in [-0.25, -0.2) is 4.98 Å². The summed E-state index contributed by atoms with van der Waals surface area (Å²) in [6.45, 7) is 0.371. The lowest BCUT2D eigenvalue weighted by Gasteiger charge is -2.20. The van der Waals surface area contributed by atoms with Crippen LogP contribution in [-0.2, 0) is 11.3 Å². The molecule has 27 heavy (non-hydrogen) atoms. The lowest BCUT2D eigenvalue weighted by molar-refractivity contribution is -0.120. The number of carbonyl (C=O) groups excluding carboxylic acids is 2. The molecule has 2 amide bonds. The first-order valence-electron chi connectivity index (χ1n) is 9.34. The zero-order chi connectivity index (χ0) is 19.1. The van der Waals surface area contributed by atoms with E-state index in [1.54, 1.807) is 37.6 Å². The van der Waals surface area contributed by atoms with Crippen LogP contribution < -0.4 is 15.4 Å². The quantitative estimate of drug-likeness (QED) is 0.818. The summed E-state index contributed by atoms with van der Waals surface area (Å²) in [7, 11) is 1.55. The summed E-state index contributed by atoms with van der Waals surface area (Å²) in [5.41, 5.74) is 2.07. The third-order valence-electron chi connectivity index (χ3n) is 4.83. The molecule has 6 nitrogen and oxygen atoms in total. The standard InChI is InChI=1S/C21H25N3O3/c1-27-19-12-15(10-11-22-19)14-23-20(25)17-8-5-9-18(13-17)24-21(26)16-6-3-2-4-7-16/h5,8-13,16H,2-4,6-7,14H2,1H3,(H,23,25)(H,24,26). The van der Waals surface area contributed by atoms with Crippen molar-refractivity contribution in [3.8, 4) is 5.88 Å². The number of ether oxygens (including phenoxy) is 1. The van der Waals surface area contributed by atoms with Gasteiger partial charge in [-0.15, -0.1) is 0 Å². The first-order valence-corrected chi connectivity index (χ1v) is 9.34. The van der Waals surface area contributed by atoms with Crippen LogP contribution in [0.3, 0.4) is 0 Å². The van der Waals surface area contributed by atoms with Gasteiger partial charge in [0.25, 0.3) is 5.91 Å². The Morgan fingerprint density at radius 2 is 1.96 bits per heavy atom. The molecule has 0 bridgehead atoms. The molecule has 1 aromatic heterocycles. The summed E-state index contributed by atoms with van der Waals surface area (Å²) in [6.07, 6.45) is 6.97. The van der Waals surface area contributed by atoms with Crippen LogP contribution in [0, 0.1) is 5.92 Å². The molecule has 142 valence electrons. The molecule has 0 aliphatic heterocycles. The van der Waals surface area contributed by atoms with Gasteiger partial charge in [0, 0.05) is 36.0 Å². The molecule has 1 aromatic carbocycles. The van der Waals surface area contributed by atoms with Crippen molar-refractivity contribution in [2.75, 3.05) is 12.4 Å². The minimum absolute atomic E-state index is 0.0520. The molecule has 1 aliphatic carbocycles. The fourth-order valence-electron chi connectivity index (χ4n) is 3.30. The number of nitrogens with zero attached hydrogens (tertiary/aromatic N) is 1. The molecule has 0 spiro atoms. The maximum absolute atomic E-state index is 12.4. The fraction of sp³-hybridized carbons (Fsp3) is 0.381. The Bertz CT molecular complexity index is 801. The van der Waals surface area contributed by atoms with Gasteiger partial charge in [-0.1, -0.05) is 25.3 Å². The van der Waals surface area contributed by atoms with Crippen molar-refractivity contribution in [1.82, 2.24) is 10.3 Å². The van der Waals surface area contributed by atoms with E-state index in [0.29, 0.717) is 23.7 Å². The van der Waals surface area contributed by atoms with Gasteiger partial charge in [-0.05, 0) is 42.7 Å². The third-order valence-corrected chi connectivity index (χ3v) is 4.83. The Hall–Kier alpha value is -2.89. The highest BCUT2D eigenvalue weighted by Gasteiger charge is 2.21. The van der Waals surface area contributed by atoms with Crippen LogP contribution >= 0.6 is 0 Å². The topological polar surface area (TPSA) is 80.3 Å². The molecule has 1 heterocycles. The monoisotopic (exact) mass is 367 g/mol.